The number of unbranched alkanes of at least 4 members (excludes halogenated alkanes) is 4. The van der Waals surface area contributed by atoms with E-state index in [9.17, 15) is 9.59 Å². The summed E-state index contributed by atoms with van der Waals surface area (Å²) in [5.74, 6) is 1.95. The molecule has 0 bridgehead atoms. The molecule has 0 aliphatic heterocycles. The van der Waals surface area contributed by atoms with Crippen LogP contribution in [0.25, 0.3) is 0 Å². The van der Waals surface area contributed by atoms with Gasteiger partial charge < -0.3 is 30.9 Å². The fourth-order valence-electron chi connectivity index (χ4n) is 3.22. The number of alkyl carbamates (subject to hydrolysis) is 1. The maximum Gasteiger partial charge on any atom is 0.407 e. The molecule has 0 unspecified atom stereocenters. The predicted molar refractivity (Wildman–Crippen MR) is 144 cm³/mol. The van der Waals surface area contributed by atoms with Crippen LogP contribution in [-0.2, 0) is 4.74 Å². The monoisotopic (exact) mass is 500 g/mol. The molecule has 11 heteroatoms. The summed E-state index contributed by atoms with van der Waals surface area (Å²) in [5, 5.41) is 20.0. The largest absolute Gasteiger partial charge is 0.444 e. The van der Waals surface area contributed by atoms with Gasteiger partial charge in [0.15, 0.2) is 11.6 Å². The first-order valence-corrected chi connectivity index (χ1v) is 12.3. The Bertz CT molecular complexity index is 974. The molecule has 2 aromatic heterocycles. The molecule has 2 amide bonds. The summed E-state index contributed by atoms with van der Waals surface area (Å²) >= 11 is 0. The summed E-state index contributed by atoms with van der Waals surface area (Å²) in [6, 6.07) is 6.99. The van der Waals surface area contributed by atoms with Gasteiger partial charge in [-0.25, -0.2) is 9.78 Å². The first-order chi connectivity index (χ1) is 17.1. The highest BCUT2D eigenvalue weighted by atomic mass is 16.6. The average Bonchev–Trinajstić information content (AvgIpc) is 2.82. The molecule has 0 fully saturated rings. The van der Waals surface area contributed by atoms with Crippen molar-refractivity contribution in [2.45, 2.75) is 58.5 Å². The van der Waals surface area contributed by atoms with Crippen LogP contribution >= 0.6 is 0 Å². The molecule has 0 saturated heterocycles. The standard InChI is InChI=1S/C25H40N8O3/c1-25(2,3)36-24(35)28-17-11-9-7-8-10-16-27-22-18(12-13-19(26-4)29-22)23(34)30-20-14-15-21(32-31-20)33(5)6/h12-15H,7-11,16-17H2,1-6H3,(H,28,35)(H2,26,27,29)(H,30,31,34). The lowest BCUT2D eigenvalue weighted by atomic mass is 10.1. The Labute approximate surface area is 213 Å². The highest BCUT2D eigenvalue weighted by molar-refractivity contribution is 6.07. The minimum Gasteiger partial charge on any atom is -0.444 e. The molecule has 0 aromatic carbocycles. The van der Waals surface area contributed by atoms with E-state index in [0.29, 0.717) is 41.9 Å². The summed E-state index contributed by atoms with van der Waals surface area (Å²) in [4.78, 5) is 30.9. The molecule has 0 radical (unpaired) electrons. The third kappa shape index (κ3) is 10.3. The lowest BCUT2D eigenvalue weighted by Crippen LogP contribution is -2.32. The fraction of sp³-hybridized carbons (Fsp3) is 0.560. The topological polar surface area (TPSA) is 133 Å². The van der Waals surface area contributed by atoms with Crippen molar-refractivity contribution in [2.75, 3.05) is 55.1 Å². The summed E-state index contributed by atoms with van der Waals surface area (Å²) in [7, 11) is 5.53. The van der Waals surface area contributed by atoms with E-state index in [4.69, 9.17) is 4.74 Å². The molecule has 36 heavy (non-hydrogen) atoms. The Morgan fingerprint density at radius 3 is 2.19 bits per heavy atom. The third-order valence-electron chi connectivity index (χ3n) is 5.06. The quantitative estimate of drug-likeness (QED) is 0.300. The molecule has 0 aliphatic carbocycles. The summed E-state index contributed by atoms with van der Waals surface area (Å²) in [6.07, 6.45) is 4.56. The highest BCUT2D eigenvalue weighted by Crippen LogP contribution is 2.19. The van der Waals surface area contributed by atoms with Crippen LogP contribution < -0.4 is 26.2 Å². The van der Waals surface area contributed by atoms with Crippen LogP contribution in [0.3, 0.4) is 0 Å². The number of nitrogens with zero attached hydrogens (tertiary/aromatic N) is 4. The third-order valence-corrected chi connectivity index (χ3v) is 5.06. The van der Waals surface area contributed by atoms with E-state index in [1.807, 2.05) is 39.8 Å². The number of hydrogen-bond acceptors (Lipinski definition) is 9. The van der Waals surface area contributed by atoms with Gasteiger partial charge in [-0.1, -0.05) is 19.3 Å². The van der Waals surface area contributed by atoms with Gasteiger partial charge in [0.25, 0.3) is 5.91 Å². The van der Waals surface area contributed by atoms with Crippen LogP contribution in [0.15, 0.2) is 24.3 Å². The predicted octanol–water partition coefficient (Wildman–Crippen LogP) is 4.12. The molecule has 2 heterocycles. The SMILES string of the molecule is CNc1ccc(C(=O)Nc2ccc(N(C)C)nn2)c(NCCCCCCCNC(=O)OC(C)(C)C)n1. The van der Waals surface area contributed by atoms with Crippen molar-refractivity contribution < 1.29 is 14.3 Å². The minimum absolute atomic E-state index is 0.308. The molecule has 11 nitrogen and oxygen atoms in total. The molecule has 2 rings (SSSR count). The fourth-order valence-corrected chi connectivity index (χ4v) is 3.22. The summed E-state index contributed by atoms with van der Waals surface area (Å²) < 4.78 is 5.22. The Hall–Kier alpha value is -3.63. The van der Waals surface area contributed by atoms with Gasteiger partial charge in [-0.15, -0.1) is 10.2 Å². The molecule has 0 spiro atoms. The van der Waals surface area contributed by atoms with Crippen LogP contribution in [0, 0.1) is 0 Å². The molecule has 0 aliphatic rings. The van der Waals surface area contributed by atoms with Crippen molar-refractivity contribution in [3.63, 3.8) is 0 Å². The minimum atomic E-state index is -0.481. The van der Waals surface area contributed by atoms with Crippen LogP contribution in [0.1, 0.15) is 63.2 Å². The van der Waals surface area contributed by atoms with E-state index >= 15 is 0 Å². The molecule has 198 valence electrons. The first-order valence-electron chi connectivity index (χ1n) is 12.3. The number of rotatable bonds is 13. The van der Waals surface area contributed by atoms with Gasteiger partial charge in [-0.05, 0) is 57.9 Å². The number of aromatic nitrogens is 3. The van der Waals surface area contributed by atoms with Gasteiger partial charge in [0.05, 0.1) is 5.56 Å². The Morgan fingerprint density at radius 1 is 0.917 bits per heavy atom. The molecular weight excluding hydrogens is 460 g/mol. The van der Waals surface area contributed by atoms with Crippen LogP contribution in [-0.4, -0.2) is 67.0 Å². The second-order valence-corrected chi connectivity index (χ2v) is 9.59. The zero-order valence-electron chi connectivity index (χ0n) is 22.3. The van der Waals surface area contributed by atoms with Gasteiger partial charge in [0, 0.05) is 34.2 Å². The number of carbonyl (C=O) groups is 2. The number of hydrogen-bond donors (Lipinski definition) is 4. The average molecular weight is 501 g/mol. The van der Waals surface area contributed by atoms with Gasteiger partial charge in [-0.2, -0.15) is 0 Å². The van der Waals surface area contributed by atoms with Crippen molar-refractivity contribution in [3.8, 4) is 0 Å². The van der Waals surface area contributed by atoms with Crippen LogP contribution in [0.4, 0.5) is 28.1 Å². The van der Waals surface area contributed by atoms with Gasteiger partial charge in [-0.3, -0.25) is 4.79 Å². The Morgan fingerprint density at radius 2 is 1.58 bits per heavy atom. The molecule has 0 saturated carbocycles. The van der Waals surface area contributed by atoms with Crippen molar-refractivity contribution >= 4 is 35.3 Å². The van der Waals surface area contributed by atoms with Crippen molar-refractivity contribution in [1.82, 2.24) is 20.5 Å². The normalized spacial score (nSPS) is 10.9. The lowest BCUT2D eigenvalue weighted by Gasteiger charge is -2.19. The maximum atomic E-state index is 12.9. The van der Waals surface area contributed by atoms with Gasteiger partial charge in [0.2, 0.25) is 0 Å². The molecule has 0 atom stereocenters. The van der Waals surface area contributed by atoms with Crippen LogP contribution in [0.2, 0.25) is 0 Å². The molecule has 2 aromatic rings. The number of anilines is 4. The van der Waals surface area contributed by atoms with E-state index in [1.54, 1.807) is 31.3 Å². The molecular formula is C25H40N8O3. The number of ether oxygens (including phenoxy) is 1. The van der Waals surface area contributed by atoms with Crippen molar-refractivity contribution in [2.24, 2.45) is 0 Å². The number of nitrogens with one attached hydrogen (secondary N) is 4. The summed E-state index contributed by atoms with van der Waals surface area (Å²) in [5.41, 5.74) is -0.0501. The Kier molecular flexibility index (Phi) is 11.2. The number of amides is 2. The van der Waals surface area contributed by atoms with Gasteiger partial charge in [0.1, 0.15) is 17.2 Å². The van der Waals surface area contributed by atoms with Crippen molar-refractivity contribution in [3.05, 3.63) is 29.8 Å². The first kappa shape index (κ1) is 28.6. The number of carbonyl (C=O) groups excluding carboxylic acids is 2. The maximum absolute atomic E-state index is 12.9. The lowest BCUT2D eigenvalue weighted by molar-refractivity contribution is 0.0526. The van der Waals surface area contributed by atoms with Gasteiger partial charge >= 0.3 is 6.09 Å². The van der Waals surface area contributed by atoms with Crippen molar-refractivity contribution in [1.29, 1.82) is 0 Å². The zero-order chi connectivity index (χ0) is 26.6. The molecule has 4 N–H and O–H groups in total. The van der Waals surface area contributed by atoms with E-state index in [-0.39, 0.29) is 12.0 Å². The van der Waals surface area contributed by atoms with Crippen LogP contribution in [0.5, 0.6) is 0 Å². The van der Waals surface area contributed by atoms with E-state index < -0.39 is 5.60 Å². The zero-order valence-corrected chi connectivity index (χ0v) is 22.3. The Balaban J connectivity index is 1.77. The smallest absolute Gasteiger partial charge is 0.407 e. The number of pyridine rings is 1. The second kappa shape index (κ2) is 14.1. The highest BCUT2D eigenvalue weighted by Gasteiger charge is 2.16. The summed E-state index contributed by atoms with van der Waals surface area (Å²) in [6.45, 7) is 6.83. The van der Waals surface area contributed by atoms with E-state index in [0.717, 1.165) is 32.1 Å². The van der Waals surface area contributed by atoms with E-state index in [1.165, 1.54) is 0 Å². The second-order valence-electron chi connectivity index (χ2n) is 9.59. The van der Waals surface area contributed by atoms with E-state index in [2.05, 4.69) is 36.4 Å².